The standard InChI is InChI=1S/C27H28F3NO5/c1-16-23(25(34)36-26(2,3)4)21(18-10-12-20(13-11-18)27(28,29)30)14-22(32)31(16)15-17-6-8-19(9-7-17)24(33)35-5/h6-13,21H,14-15H2,1-5H3. The molecule has 0 bridgehead atoms. The molecule has 1 amide bonds. The first-order valence-electron chi connectivity index (χ1n) is 11.3. The van der Waals surface area contributed by atoms with E-state index in [0.717, 1.165) is 12.1 Å². The minimum atomic E-state index is -4.50. The van der Waals surface area contributed by atoms with Crippen LogP contribution in [-0.2, 0) is 31.8 Å². The van der Waals surface area contributed by atoms with Gasteiger partial charge in [0.25, 0.3) is 0 Å². The number of ether oxygens (including phenoxy) is 2. The number of hydrogen-bond donors (Lipinski definition) is 0. The van der Waals surface area contributed by atoms with Crippen LogP contribution in [0, 0.1) is 0 Å². The first-order valence-corrected chi connectivity index (χ1v) is 11.3. The van der Waals surface area contributed by atoms with Crippen molar-refractivity contribution in [2.45, 2.75) is 58.4 Å². The second-order valence-electron chi connectivity index (χ2n) is 9.55. The van der Waals surface area contributed by atoms with Gasteiger partial charge in [0, 0.05) is 18.0 Å². The number of rotatable bonds is 5. The predicted molar refractivity (Wildman–Crippen MR) is 126 cm³/mol. The number of methoxy groups -OCH3 is 1. The molecule has 9 heteroatoms. The van der Waals surface area contributed by atoms with Crippen LogP contribution < -0.4 is 0 Å². The van der Waals surface area contributed by atoms with Crippen LogP contribution in [0.5, 0.6) is 0 Å². The van der Waals surface area contributed by atoms with Gasteiger partial charge < -0.3 is 14.4 Å². The summed E-state index contributed by atoms with van der Waals surface area (Å²) in [6.07, 6.45) is -4.61. The zero-order chi connectivity index (χ0) is 26.8. The smallest absolute Gasteiger partial charge is 0.416 e. The average molecular weight is 504 g/mol. The Hall–Kier alpha value is -3.62. The number of alkyl halides is 3. The minimum Gasteiger partial charge on any atom is -0.465 e. The Morgan fingerprint density at radius 3 is 2.06 bits per heavy atom. The molecule has 0 spiro atoms. The van der Waals surface area contributed by atoms with Crippen molar-refractivity contribution >= 4 is 17.8 Å². The molecule has 0 saturated heterocycles. The van der Waals surface area contributed by atoms with Crippen LogP contribution in [0.15, 0.2) is 59.8 Å². The topological polar surface area (TPSA) is 72.9 Å². The zero-order valence-corrected chi connectivity index (χ0v) is 20.7. The van der Waals surface area contributed by atoms with Crippen molar-refractivity contribution in [2.24, 2.45) is 0 Å². The summed E-state index contributed by atoms with van der Waals surface area (Å²) in [6.45, 7) is 6.89. The van der Waals surface area contributed by atoms with Gasteiger partial charge in [-0.1, -0.05) is 24.3 Å². The van der Waals surface area contributed by atoms with Crippen molar-refractivity contribution in [3.63, 3.8) is 0 Å². The van der Waals surface area contributed by atoms with Gasteiger partial charge in [-0.05, 0) is 63.1 Å². The van der Waals surface area contributed by atoms with E-state index in [1.807, 2.05) is 0 Å². The van der Waals surface area contributed by atoms with Gasteiger partial charge in [0.1, 0.15) is 5.60 Å². The Balaban J connectivity index is 2.00. The summed E-state index contributed by atoms with van der Waals surface area (Å²) in [7, 11) is 1.28. The minimum absolute atomic E-state index is 0.114. The molecule has 2 aromatic rings. The van der Waals surface area contributed by atoms with Crippen LogP contribution in [0.3, 0.4) is 0 Å². The maximum atomic E-state index is 13.2. The Kier molecular flexibility index (Phi) is 7.62. The van der Waals surface area contributed by atoms with Gasteiger partial charge >= 0.3 is 18.1 Å². The molecule has 6 nitrogen and oxygen atoms in total. The number of hydrogen-bond acceptors (Lipinski definition) is 5. The number of carbonyl (C=O) groups is 3. The van der Waals surface area contributed by atoms with E-state index in [2.05, 4.69) is 0 Å². The summed E-state index contributed by atoms with van der Waals surface area (Å²) in [6, 6.07) is 11.0. The highest BCUT2D eigenvalue weighted by atomic mass is 19.4. The molecule has 0 aromatic heterocycles. The average Bonchev–Trinajstić information content (AvgIpc) is 2.79. The van der Waals surface area contributed by atoms with Crippen LogP contribution in [0.4, 0.5) is 13.2 Å². The molecule has 2 aromatic carbocycles. The van der Waals surface area contributed by atoms with E-state index in [0.29, 0.717) is 22.4 Å². The van der Waals surface area contributed by atoms with Crippen molar-refractivity contribution in [2.75, 3.05) is 7.11 Å². The van der Waals surface area contributed by atoms with Crippen molar-refractivity contribution in [1.82, 2.24) is 4.90 Å². The molecule has 3 rings (SSSR count). The summed E-state index contributed by atoms with van der Waals surface area (Å²) < 4.78 is 49.5. The van der Waals surface area contributed by atoms with E-state index in [1.54, 1.807) is 52.0 Å². The van der Waals surface area contributed by atoms with Crippen molar-refractivity contribution < 1.29 is 37.0 Å². The lowest BCUT2D eigenvalue weighted by Crippen LogP contribution is -2.39. The molecule has 1 aliphatic rings. The first-order chi connectivity index (χ1) is 16.7. The second-order valence-corrected chi connectivity index (χ2v) is 9.55. The number of benzene rings is 2. The maximum absolute atomic E-state index is 13.2. The number of halogens is 3. The number of allylic oxidation sites excluding steroid dienone is 1. The zero-order valence-electron chi connectivity index (χ0n) is 20.7. The third-order valence-corrected chi connectivity index (χ3v) is 5.80. The largest absolute Gasteiger partial charge is 0.465 e. The molecule has 0 N–H and O–H groups in total. The lowest BCUT2D eigenvalue weighted by Gasteiger charge is -2.35. The Morgan fingerprint density at radius 1 is 0.972 bits per heavy atom. The molecule has 0 aliphatic carbocycles. The Labute approximate surface area is 207 Å². The molecule has 0 fully saturated rings. The fourth-order valence-electron chi connectivity index (χ4n) is 4.04. The van der Waals surface area contributed by atoms with Crippen LogP contribution in [0.25, 0.3) is 0 Å². The highest BCUT2D eigenvalue weighted by Crippen LogP contribution is 2.39. The van der Waals surface area contributed by atoms with Gasteiger partial charge in [-0.2, -0.15) is 13.2 Å². The summed E-state index contributed by atoms with van der Waals surface area (Å²) in [4.78, 5) is 39.6. The van der Waals surface area contributed by atoms with E-state index in [9.17, 15) is 27.6 Å². The monoisotopic (exact) mass is 503 g/mol. The fraction of sp³-hybridized carbons (Fsp3) is 0.370. The van der Waals surface area contributed by atoms with E-state index in [-0.39, 0.29) is 24.4 Å². The number of nitrogens with zero attached hydrogens (tertiary/aromatic N) is 1. The van der Waals surface area contributed by atoms with Crippen molar-refractivity contribution in [3.8, 4) is 0 Å². The van der Waals surface area contributed by atoms with Gasteiger partial charge in [0.15, 0.2) is 0 Å². The highest BCUT2D eigenvalue weighted by molar-refractivity contribution is 5.96. The Morgan fingerprint density at radius 2 is 1.56 bits per heavy atom. The second kappa shape index (κ2) is 10.2. The van der Waals surface area contributed by atoms with Gasteiger partial charge in [-0.3, -0.25) is 4.79 Å². The van der Waals surface area contributed by atoms with E-state index < -0.39 is 35.2 Å². The van der Waals surface area contributed by atoms with E-state index in [4.69, 9.17) is 9.47 Å². The summed E-state index contributed by atoms with van der Waals surface area (Å²) in [5.74, 6) is -2.17. The molecule has 0 radical (unpaired) electrons. The molecule has 1 unspecified atom stereocenters. The maximum Gasteiger partial charge on any atom is 0.416 e. The first kappa shape index (κ1) is 27.0. The number of esters is 2. The van der Waals surface area contributed by atoms with Gasteiger partial charge in [-0.15, -0.1) is 0 Å². The SMILES string of the molecule is COC(=O)c1ccc(CN2C(=O)CC(c3ccc(C(F)(F)F)cc3)C(C(=O)OC(C)(C)C)=C2C)cc1. The van der Waals surface area contributed by atoms with Gasteiger partial charge in [0.05, 0.1) is 30.4 Å². The molecule has 0 saturated carbocycles. The molecule has 1 atom stereocenters. The normalized spacial score (nSPS) is 16.7. The molecule has 192 valence electrons. The number of carbonyl (C=O) groups excluding carboxylic acids is 3. The molecule has 1 heterocycles. The summed E-state index contributed by atoms with van der Waals surface area (Å²) >= 11 is 0. The predicted octanol–water partition coefficient (Wildman–Crippen LogP) is 5.62. The third kappa shape index (κ3) is 6.13. The van der Waals surface area contributed by atoms with E-state index in [1.165, 1.54) is 24.1 Å². The van der Waals surface area contributed by atoms with Crippen LogP contribution >= 0.6 is 0 Å². The van der Waals surface area contributed by atoms with Crippen LogP contribution in [0.2, 0.25) is 0 Å². The van der Waals surface area contributed by atoms with Crippen molar-refractivity contribution in [3.05, 3.63) is 82.1 Å². The van der Waals surface area contributed by atoms with Crippen molar-refractivity contribution in [1.29, 1.82) is 0 Å². The Bertz CT molecular complexity index is 1180. The quantitative estimate of drug-likeness (QED) is 0.495. The molecule has 1 aliphatic heterocycles. The van der Waals surface area contributed by atoms with Crippen LogP contribution in [-0.4, -0.2) is 35.5 Å². The molecule has 36 heavy (non-hydrogen) atoms. The van der Waals surface area contributed by atoms with Gasteiger partial charge in [-0.25, -0.2) is 9.59 Å². The lowest BCUT2D eigenvalue weighted by molar-refractivity contribution is -0.151. The molecular formula is C27H28F3NO5. The third-order valence-electron chi connectivity index (χ3n) is 5.80. The summed E-state index contributed by atoms with van der Waals surface area (Å²) in [5.41, 5.74) is 0.439. The summed E-state index contributed by atoms with van der Waals surface area (Å²) in [5, 5.41) is 0. The van der Waals surface area contributed by atoms with Crippen LogP contribution in [0.1, 0.15) is 67.1 Å². The lowest BCUT2D eigenvalue weighted by atomic mass is 9.83. The highest BCUT2D eigenvalue weighted by Gasteiger charge is 2.38. The van der Waals surface area contributed by atoms with Gasteiger partial charge in [0.2, 0.25) is 5.91 Å². The number of amides is 1. The van der Waals surface area contributed by atoms with E-state index >= 15 is 0 Å². The molecular weight excluding hydrogens is 475 g/mol. The fourth-order valence-corrected chi connectivity index (χ4v) is 4.04.